The van der Waals surface area contributed by atoms with Crippen molar-refractivity contribution in [1.82, 2.24) is 26.3 Å². The Hall–Kier alpha value is -5.30. The Labute approximate surface area is 287 Å². The maximum absolute atomic E-state index is 13.8. The summed E-state index contributed by atoms with van der Waals surface area (Å²) in [7, 11) is 0. The van der Waals surface area contributed by atoms with Crippen LogP contribution in [0.3, 0.4) is 0 Å². The molecule has 0 fully saturated rings. The van der Waals surface area contributed by atoms with Crippen LogP contribution >= 0.6 is 0 Å². The summed E-state index contributed by atoms with van der Waals surface area (Å²) in [5.74, 6) is -1.99. The number of guanidine groups is 1. The van der Waals surface area contributed by atoms with Crippen LogP contribution in [0.1, 0.15) is 55.7 Å². The predicted molar refractivity (Wildman–Crippen MR) is 190 cm³/mol. The van der Waals surface area contributed by atoms with E-state index in [4.69, 9.17) is 17.2 Å². The molecule has 262 valence electrons. The van der Waals surface area contributed by atoms with Crippen molar-refractivity contribution in [3.8, 4) is 0 Å². The number of hydrogen-bond acceptors (Lipinski definition) is 7. The average molecular weight is 672 g/mol. The van der Waals surface area contributed by atoms with Gasteiger partial charge in [-0.25, -0.2) is 0 Å². The van der Waals surface area contributed by atoms with Gasteiger partial charge in [0.05, 0.1) is 6.04 Å². The molecule has 0 saturated carbocycles. The predicted octanol–water partition coefficient (Wildman–Crippen LogP) is 1.21. The highest BCUT2D eigenvalue weighted by Crippen LogP contribution is 2.09. The van der Waals surface area contributed by atoms with Gasteiger partial charge in [-0.3, -0.25) is 29.2 Å². The Balaban J connectivity index is 1.75. The third-order valence-electron chi connectivity index (χ3n) is 7.82. The van der Waals surface area contributed by atoms with Gasteiger partial charge in [0.15, 0.2) is 5.96 Å². The van der Waals surface area contributed by atoms with Crippen LogP contribution in [0.5, 0.6) is 0 Å². The lowest BCUT2D eigenvalue weighted by Crippen LogP contribution is -2.58. The number of hydrogen-bond donors (Lipinski definition) is 7. The van der Waals surface area contributed by atoms with Crippen LogP contribution in [0.2, 0.25) is 0 Å². The second-order valence-electron chi connectivity index (χ2n) is 11.8. The fraction of sp³-hybridized carbons (Fsp3) is 0.389. The Bertz CT molecular complexity index is 1490. The minimum absolute atomic E-state index is 0.0664. The van der Waals surface area contributed by atoms with E-state index in [1.165, 1.54) is 0 Å². The van der Waals surface area contributed by atoms with Gasteiger partial charge in [-0.15, -0.1) is 0 Å². The number of nitrogens with one attached hydrogen (secondary N) is 4. The van der Waals surface area contributed by atoms with Crippen molar-refractivity contribution >= 4 is 29.6 Å². The minimum Gasteiger partial charge on any atom is -0.370 e. The zero-order valence-corrected chi connectivity index (χ0v) is 28.0. The van der Waals surface area contributed by atoms with E-state index >= 15 is 0 Å². The molecule has 13 heteroatoms. The topological polar surface area (TPSA) is 220 Å². The Morgan fingerprint density at radius 3 is 1.80 bits per heavy atom. The van der Waals surface area contributed by atoms with E-state index in [1.54, 1.807) is 24.5 Å². The van der Waals surface area contributed by atoms with Gasteiger partial charge in [0, 0.05) is 31.9 Å². The molecule has 4 unspecified atom stereocenters. The van der Waals surface area contributed by atoms with Crippen LogP contribution in [0, 0.1) is 0 Å². The fourth-order valence-electron chi connectivity index (χ4n) is 5.11. The molecule has 10 N–H and O–H groups in total. The van der Waals surface area contributed by atoms with E-state index < -0.39 is 47.8 Å². The van der Waals surface area contributed by atoms with E-state index in [1.807, 2.05) is 67.6 Å². The Morgan fingerprint density at radius 2 is 1.20 bits per heavy atom. The maximum Gasteiger partial charge on any atom is 0.243 e. The molecule has 0 aliphatic rings. The summed E-state index contributed by atoms with van der Waals surface area (Å²) in [5.41, 5.74) is 19.7. The number of carbonyl (C=O) groups excluding carboxylic acids is 4. The first-order chi connectivity index (χ1) is 23.7. The fourth-order valence-corrected chi connectivity index (χ4v) is 5.11. The first-order valence-electron chi connectivity index (χ1n) is 16.6. The lowest BCUT2D eigenvalue weighted by molar-refractivity contribution is -0.134. The van der Waals surface area contributed by atoms with E-state index in [2.05, 4.69) is 31.2 Å². The molecular weight excluding hydrogens is 622 g/mol. The van der Waals surface area contributed by atoms with Crippen molar-refractivity contribution in [2.45, 2.75) is 82.6 Å². The van der Waals surface area contributed by atoms with Gasteiger partial charge in [0.2, 0.25) is 23.6 Å². The molecule has 49 heavy (non-hydrogen) atoms. The number of pyridine rings is 1. The van der Waals surface area contributed by atoms with Gasteiger partial charge in [0.1, 0.15) is 18.1 Å². The van der Waals surface area contributed by atoms with Crippen molar-refractivity contribution in [3.63, 3.8) is 0 Å². The zero-order chi connectivity index (χ0) is 35.4. The highest BCUT2D eigenvalue weighted by molar-refractivity contribution is 5.95. The highest BCUT2D eigenvalue weighted by Gasteiger charge is 2.30. The summed E-state index contributed by atoms with van der Waals surface area (Å²) < 4.78 is 0. The first-order valence-corrected chi connectivity index (χ1v) is 16.6. The number of rotatable bonds is 20. The summed E-state index contributed by atoms with van der Waals surface area (Å²) in [6.45, 7) is 2.49. The van der Waals surface area contributed by atoms with Crippen molar-refractivity contribution in [2.75, 3.05) is 6.54 Å². The smallest absolute Gasteiger partial charge is 0.243 e. The molecule has 0 spiro atoms. The number of aliphatic imine (C=N–C) groups is 1. The van der Waals surface area contributed by atoms with Crippen LogP contribution in [0.4, 0.5) is 0 Å². The van der Waals surface area contributed by atoms with Crippen molar-refractivity contribution in [1.29, 1.82) is 0 Å². The molecule has 0 aliphatic carbocycles. The molecule has 2 aromatic carbocycles. The van der Waals surface area contributed by atoms with Gasteiger partial charge in [-0.2, -0.15) is 0 Å². The standard InChI is InChI=1S/C36H49N9O4/c1-2-3-15-30(34(48)43-29(16-10-19-41-36(38)39)33(47)42-24-27-17-20-40-21-18-27)44-35(49)31(23-26-13-8-5-9-14-26)45-32(46)28(37)22-25-11-6-4-7-12-25/h4-9,11-14,17-18,20-21,28-31H,2-3,10,15-16,19,22-24,37H2,1H3,(H,42,47)(H,43,48)(H,44,49)(H,45,46)(H4,38,39,41). The molecule has 4 atom stereocenters. The van der Waals surface area contributed by atoms with Crippen LogP contribution in [0.25, 0.3) is 0 Å². The summed E-state index contributed by atoms with van der Waals surface area (Å²) in [6, 6.07) is 18.4. The largest absolute Gasteiger partial charge is 0.370 e. The van der Waals surface area contributed by atoms with Crippen LogP contribution in [-0.2, 0) is 38.6 Å². The average Bonchev–Trinajstić information content (AvgIpc) is 3.10. The van der Waals surface area contributed by atoms with Crippen LogP contribution < -0.4 is 38.5 Å². The van der Waals surface area contributed by atoms with E-state index in [0.29, 0.717) is 25.7 Å². The summed E-state index contributed by atoms with van der Waals surface area (Å²) in [5, 5.41) is 11.4. The number of nitrogens with two attached hydrogens (primary N) is 3. The minimum atomic E-state index is -1.01. The number of nitrogens with zero attached hydrogens (tertiary/aromatic N) is 2. The molecule has 1 heterocycles. The van der Waals surface area contributed by atoms with Gasteiger partial charge in [-0.05, 0) is 54.5 Å². The lowest BCUT2D eigenvalue weighted by atomic mass is 10.0. The summed E-state index contributed by atoms with van der Waals surface area (Å²) in [6.07, 6.45) is 6.14. The van der Waals surface area contributed by atoms with Crippen LogP contribution in [-0.4, -0.2) is 65.3 Å². The summed E-state index contributed by atoms with van der Waals surface area (Å²) in [4.78, 5) is 62.1. The van der Waals surface area contributed by atoms with Gasteiger partial charge in [-0.1, -0.05) is 80.4 Å². The molecule has 3 rings (SSSR count). The molecule has 0 aliphatic heterocycles. The summed E-state index contributed by atoms with van der Waals surface area (Å²) >= 11 is 0. The number of aromatic nitrogens is 1. The molecular formula is C36H49N9O4. The lowest BCUT2D eigenvalue weighted by Gasteiger charge is -2.26. The molecule has 3 aromatic rings. The molecule has 0 bridgehead atoms. The van der Waals surface area contributed by atoms with E-state index in [9.17, 15) is 19.2 Å². The maximum atomic E-state index is 13.8. The second kappa shape index (κ2) is 20.8. The van der Waals surface area contributed by atoms with Gasteiger partial charge < -0.3 is 38.5 Å². The van der Waals surface area contributed by atoms with E-state index in [0.717, 1.165) is 23.1 Å². The third kappa shape index (κ3) is 14.2. The Morgan fingerprint density at radius 1 is 0.673 bits per heavy atom. The number of amides is 4. The van der Waals surface area contributed by atoms with Gasteiger partial charge in [0.25, 0.3) is 0 Å². The molecule has 0 saturated heterocycles. The second-order valence-corrected chi connectivity index (χ2v) is 11.8. The Kier molecular flexibility index (Phi) is 16.2. The molecule has 13 nitrogen and oxygen atoms in total. The SMILES string of the molecule is CCCCC(NC(=O)C(Cc1ccccc1)NC(=O)C(N)Cc1ccccc1)C(=O)NC(CCCN=C(N)N)C(=O)NCc1ccncc1. The quantitative estimate of drug-likeness (QED) is 0.0525. The van der Waals surface area contributed by atoms with Crippen molar-refractivity contribution in [2.24, 2.45) is 22.2 Å². The number of unbranched alkanes of at least 4 members (excludes halogenated alkanes) is 1. The monoisotopic (exact) mass is 671 g/mol. The first kappa shape index (κ1) is 38.2. The van der Waals surface area contributed by atoms with Crippen LogP contribution in [0.15, 0.2) is 90.2 Å². The normalized spacial score (nSPS) is 13.2. The highest BCUT2D eigenvalue weighted by atomic mass is 16.2. The van der Waals surface area contributed by atoms with Crippen molar-refractivity contribution in [3.05, 3.63) is 102 Å². The number of carbonyl (C=O) groups is 4. The zero-order valence-electron chi connectivity index (χ0n) is 28.0. The number of benzene rings is 2. The molecule has 0 radical (unpaired) electrons. The van der Waals surface area contributed by atoms with Crippen molar-refractivity contribution < 1.29 is 19.2 Å². The molecule has 1 aromatic heterocycles. The van der Waals surface area contributed by atoms with E-state index in [-0.39, 0.29) is 31.9 Å². The molecule has 4 amide bonds. The van der Waals surface area contributed by atoms with Gasteiger partial charge >= 0.3 is 0 Å². The third-order valence-corrected chi connectivity index (χ3v) is 7.82.